The lowest BCUT2D eigenvalue weighted by Crippen LogP contribution is -2.45. The molecule has 0 aliphatic carbocycles. The van der Waals surface area contributed by atoms with Crippen molar-refractivity contribution < 1.29 is 24.5 Å². The maximum Gasteiger partial charge on any atom is 0.305 e. The minimum absolute atomic E-state index is 0.00298. The van der Waals surface area contributed by atoms with Crippen LogP contribution in [0, 0.1) is 0 Å². The molecule has 3 N–H and O–H groups in total. The molecule has 0 aliphatic rings. The lowest BCUT2D eigenvalue weighted by Gasteiger charge is -2.20. The van der Waals surface area contributed by atoms with Crippen molar-refractivity contribution >= 4 is 11.9 Å². The highest BCUT2D eigenvalue weighted by molar-refractivity contribution is 5.76. The highest BCUT2D eigenvalue weighted by Crippen LogP contribution is 2.18. The van der Waals surface area contributed by atoms with Crippen molar-refractivity contribution in [3.8, 4) is 0 Å². The Labute approximate surface area is 512 Å². The molecule has 0 spiro atoms. The molecular weight excluding hydrogens is 1010 g/mol. The summed E-state index contributed by atoms with van der Waals surface area (Å²) in [6, 6.07) is -0.628. The minimum atomic E-state index is -0.845. The fourth-order valence-corrected chi connectivity index (χ4v) is 11.4. The van der Waals surface area contributed by atoms with Gasteiger partial charge in [-0.1, -0.05) is 345 Å². The van der Waals surface area contributed by atoms with Gasteiger partial charge in [-0.3, -0.25) is 9.59 Å². The Morgan fingerprint density at radius 1 is 0.341 bits per heavy atom. The summed E-state index contributed by atoms with van der Waals surface area (Å²) in [6.45, 7) is 4.90. The van der Waals surface area contributed by atoms with Gasteiger partial charge in [-0.2, -0.15) is 0 Å². The summed E-state index contributed by atoms with van der Waals surface area (Å²) in [5.41, 5.74) is 0. The first kappa shape index (κ1) is 79.8. The number of ether oxygens (including phenoxy) is 1. The smallest absolute Gasteiger partial charge is 0.305 e. The fraction of sp³-hybridized carbons (Fsp3) is 0.868. The Morgan fingerprint density at radius 2 is 0.610 bits per heavy atom. The molecule has 6 nitrogen and oxygen atoms in total. The van der Waals surface area contributed by atoms with Gasteiger partial charge < -0.3 is 20.3 Å². The third-order valence-electron chi connectivity index (χ3n) is 17.1. The van der Waals surface area contributed by atoms with Crippen LogP contribution in [0.1, 0.15) is 399 Å². The van der Waals surface area contributed by atoms with Crippen molar-refractivity contribution in [1.82, 2.24) is 5.32 Å². The number of amides is 1. The van der Waals surface area contributed by atoms with E-state index in [-0.39, 0.29) is 18.5 Å². The largest absolute Gasteiger partial charge is 0.466 e. The van der Waals surface area contributed by atoms with E-state index in [9.17, 15) is 19.8 Å². The van der Waals surface area contributed by atoms with Crippen LogP contribution < -0.4 is 5.32 Å². The highest BCUT2D eigenvalue weighted by Gasteiger charge is 2.18. The lowest BCUT2D eigenvalue weighted by atomic mass is 10.0. The van der Waals surface area contributed by atoms with Gasteiger partial charge in [0.05, 0.1) is 25.4 Å². The molecule has 0 heterocycles. The van der Waals surface area contributed by atoms with E-state index in [4.69, 9.17) is 4.74 Å². The highest BCUT2D eigenvalue weighted by atomic mass is 16.5. The van der Waals surface area contributed by atoms with Gasteiger partial charge in [0.2, 0.25) is 5.91 Å². The molecule has 0 saturated heterocycles. The van der Waals surface area contributed by atoms with Gasteiger partial charge in [-0.25, -0.2) is 0 Å². The molecular formula is C76H143NO5. The zero-order valence-corrected chi connectivity index (χ0v) is 55.2. The van der Waals surface area contributed by atoms with Crippen molar-refractivity contribution in [3.05, 3.63) is 48.6 Å². The van der Waals surface area contributed by atoms with Gasteiger partial charge >= 0.3 is 5.97 Å². The van der Waals surface area contributed by atoms with Crippen molar-refractivity contribution in [1.29, 1.82) is 0 Å². The van der Waals surface area contributed by atoms with E-state index >= 15 is 0 Å². The van der Waals surface area contributed by atoms with Crippen molar-refractivity contribution in [2.75, 3.05) is 13.2 Å². The molecule has 0 radical (unpaired) electrons. The van der Waals surface area contributed by atoms with Crippen LogP contribution in [-0.4, -0.2) is 47.4 Å². The minimum Gasteiger partial charge on any atom is -0.466 e. The molecule has 2 atom stereocenters. The number of rotatable bonds is 69. The molecule has 6 heteroatoms. The molecule has 0 rings (SSSR count). The van der Waals surface area contributed by atoms with E-state index in [1.54, 1.807) is 6.08 Å². The molecule has 0 aliphatic heterocycles. The van der Waals surface area contributed by atoms with Crippen LogP contribution >= 0.6 is 0 Å². The first-order chi connectivity index (χ1) is 40.5. The van der Waals surface area contributed by atoms with E-state index in [0.29, 0.717) is 19.4 Å². The number of carbonyl (C=O) groups is 2. The van der Waals surface area contributed by atoms with Crippen LogP contribution in [0.15, 0.2) is 48.6 Å². The van der Waals surface area contributed by atoms with Crippen molar-refractivity contribution in [2.45, 2.75) is 411 Å². The number of nitrogens with one attached hydrogen (secondary N) is 1. The third-order valence-corrected chi connectivity index (χ3v) is 17.1. The second-order valence-electron chi connectivity index (χ2n) is 25.3. The van der Waals surface area contributed by atoms with Gasteiger partial charge in [0.1, 0.15) is 0 Å². The predicted molar refractivity (Wildman–Crippen MR) is 361 cm³/mol. The topological polar surface area (TPSA) is 95.9 Å². The second-order valence-corrected chi connectivity index (χ2v) is 25.3. The maximum atomic E-state index is 12.5. The molecule has 82 heavy (non-hydrogen) atoms. The zero-order chi connectivity index (χ0) is 59.2. The Bertz CT molecular complexity index is 1370. The summed E-state index contributed by atoms with van der Waals surface area (Å²) in [4.78, 5) is 24.6. The zero-order valence-electron chi connectivity index (χ0n) is 55.2. The number of aliphatic hydroxyl groups excluding tert-OH is 2. The van der Waals surface area contributed by atoms with Crippen LogP contribution in [0.4, 0.5) is 0 Å². The van der Waals surface area contributed by atoms with E-state index in [1.165, 1.54) is 321 Å². The number of allylic oxidation sites excluding steroid dienone is 7. The van der Waals surface area contributed by atoms with Crippen molar-refractivity contribution in [3.63, 3.8) is 0 Å². The lowest BCUT2D eigenvalue weighted by molar-refractivity contribution is -0.143. The molecule has 0 aromatic heterocycles. The Balaban J connectivity index is 3.40. The number of hydrogen-bond donors (Lipinski definition) is 3. The molecule has 0 aromatic rings. The van der Waals surface area contributed by atoms with Crippen LogP contribution in [-0.2, 0) is 14.3 Å². The molecule has 0 aromatic carbocycles. The van der Waals surface area contributed by atoms with Crippen LogP contribution in [0.2, 0.25) is 0 Å². The summed E-state index contributed by atoms with van der Waals surface area (Å²) in [7, 11) is 0. The summed E-state index contributed by atoms with van der Waals surface area (Å²) in [5, 5.41) is 23.3. The van der Waals surface area contributed by atoms with Gasteiger partial charge in [0.15, 0.2) is 0 Å². The van der Waals surface area contributed by atoms with Gasteiger partial charge in [-0.15, -0.1) is 0 Å². The van der Waals surface area contributed by atoms with Gasteiger partial charge in [-0.05, 0) is 89.9 Å². The Morgan fingerprint density at radius 3 is 0.963 bits per heavy atom. The number of esters is 1. The molecule has 1 amide bonds. The summed E-state index contributed by atoms with van der Waals surface area (Å²) in [5.74, 6) is -0.0602. The predicted octanol–water partition coefficient (Wildman–Crippen LogP) is 24.0. The standard InChI is InChI=1S/C76H143NO5/c1-3-5-7-9-11-13-15-17-19-20-21-34-37-41-44-48-52-56-60-64-68-74(79)73(72-78)77-75(80)69-65-61-57-53-49-45-42-38-35-32-30-28-26-24-22-23-25-27-29-31-33-36-39-43-47-51-55-59-63-67-71-82-76(81)70-66-62-58-54-50-46-40-18-16-14-12-10-8-6-4-2/h12,14,18,23,25,40,64,68,73-74,78-79H,3-11,13,15-17,19-22,24,26-39,41-63,65-67,69-72H2,1-2H3,(H,77,80)/b14-12-,25-23-,40-18-,68-64+. The van der Waals surface area contributed by atoms with Gasteiger partial charge in [0, 0.05) is 12.8 Å². The van der Waals surface area contributed by atoms with Gasteiger partial charge in [0.25, 0.3) is 0 Å². The number of aliphatic hydroxyl groups is 2. The summed E-state index contributed by atoms with van der Waals surface area (Å²) >= 11 is 0. The van der Waals surface area contributed by atoms with E-state index in [2.05, 4.69) is 55.6 Å². The normalized spacial score (nSPS) is 12.8. The average molecular weight is 1150 g/mol. The first-order valence-electron chi connectivity index (χ1n) is 36.9. The number of unbranched alkanes of at least 4 members (excludes halogenated alkanes) is 52. The van der Waals surface area contributed by atoms with E-state index in [0.717, 1.165) is 51.4 Å². The quantitative estimate of drug-likeness (QED) is 0.0320. The number of hydrogen-bond acceptors (Lipinski definition) is 5. The molecule has 0 bridgehead atoms. The second kappa shape index (κ2) is 71.3. The Hall–Kier alpha value is -2.18. The van der Waals surface area contributed by atoms with E-state index in [1.807, 2.05) is 6.08 Å². The van der Waals surface area contributed by atoms with E-state index < -0.39 is 12.1 Å². The molecule has 482 valence electrons. The monoisotopic (exact) mass is 1150 g/mol. The van der Waals surface area contributed by atoms with Crippen LogP contribution in [0.25, 0.3) is 0 Å². The maximum absolute atomic E-state index is 12.5. The van der Waals surface area contributed by atoms with Crippen molar-refractivity contribution in [2.24, 2.45) is 0 Å². The average Bonchev–Trinajstić information content (AvgIpc) is 3.48. The Kier molecular flexibility index (Phi) is 69.4. The molecule has 0 fully saturated rings. The first-order valence-corrected chi connectivity index (χ1v) is 36.9. The summed E-state index contributed by atoms with van der Waals surface area (Å²) in [6.07, 6.45) is 93.4. The molecule has 2 unspecified atom stereocenters. The van der Waals surface area contributed by atoms with Crippen LogP contribution in [0.3, 0.4) is 0 Å². The molecule has 0 saturated carbocycles. The fourth-order valence-electron chi connectivity index (χ4n) is 11.4. The SMILES string of the molecule is CCCCC/C=C\C/C=C\CCCCCCCC(=O)OCCCCCCCCCCCCCC/C=C\CCCCCCCCCCCCCCCCC(=O)NC(CO)C(O)/C=C/CCCCCCCCCCCCCCCCCCCC. The third kappa shape index (κ3) is 67.0. The van der Waals surface area contributed by atoms with Crippen LogP contribution in [0.5, 0.6) is 0 Å². The number of carbonyl (C=O) groups excluding carboxylic acids is 2. The summed E-state index contributed by atoms with van der Waals surface area (Å²) < 4.78 is 5.49.